The van der Waals surface area contributed by atoms with E-state index < -0.39 is 35.2 Å². The molecule has 3 unspecified atom stereocenters. The second-order valence-electron chi connectivity index (χ2n) is 11.2. The summed E-state index contributed by atoms with van der Waals surface area (Å²) in [5.41, 5.74) is 1.28. The van der Waals surface area contributed by atoms with Crippen molar-refractivity contribution in [2.24, 2.45) is 5.92 Å². The lowest BCUT2D eigenvalue weighted by molar-refractivity contribution is -0.144. The fourth-order valence-corrected chi connectivity index (χ4v) is 3.73. The number of rotatable bonds is 9. The number of aliphatic hydroxyl groups is 1. The van der Waals surface area contributed by atoms with Gasteiger partial charge in [0.25, 0.3) is 0 Å². The van der Waals surface area contributed by atoms with Gasteiger partial charge in [-0.1, -0.05) is 38.5 Å². The smallest absolute Gasteiger partial charge is 0.408 e. The molecular formula is C27H45N3O5. The fourth-order valence-electron chi connectivity index (χ4n) is 3.73. The SMILES string of the molecule is CCC(C)C(NC(=O)OC(C)(C)C)C(=O)N(CCO)C(C(=O)NC(C)(C)C)c1cccc(C)c1C. The summed E-state index contributed by atoms with van der Waals surface area (Å²) in [6, 6.07) is 3.70. The van der Waals surface area contributed by atoms with Crippen LogP contribution in [0.15, 0.2) is 18.2 Å². The molecule has 0 fully saturated rings. The van der Waals surface area contributed by atoms with Gasteiger partial charge in [-0.05, 0) is 78.0 Å². The van der Waals surface area contributed by atoms with Crippen LogP contribution in [-0.4, -0.2) is 58.2 Å². The average molecular weight is 492 g/mol. The minimum Gasteiger partial charge on any atom is -0.444 e. The van der Waals surface area contributed by atoms with Gasteiger partial charge in [0, 0.05) is 12.1 Å². The predicted octanol–water partition coefficient (Wildman–Crippen LogP) is 4.02. The van der Waals surface area contributed by atoms with Gasteiger partial charge in [-0.2, -0.15) is 0 Å². The van der Waals surface area contributed by atoms with Crippen molar-refractivity contribution in [3.05, 3.63) is 34.9 Å². The topological polar surface area (TPSA) is 108 Å². The Hall–Kier alpha value is -2.61. The molecule has 0 aliphatic rings. The maximum Gasteiger partial charge on any atom is 0.408 e. The van der Waals surface area contributed by atoms with Crippen LogP contribution in [0, 0.1) is 19.8 Å². The van der Waals surface area contributed by atoms with E-state index in [1.54, 1.807) is 20.8 Å². The maximum atomic E-state index is 14.0. The minimum absolute atomic E-state index is 0.0720. The van der Waals surface area contributed by atoms with E-state index in [1.807, 2.05) is 66.7 Å². The van der Waals surface area contributed by atoms with E-state index in [4.69, 9.17) is 4.74 Å². The van der Waals surface area contributed by atoms with Crippen molar-refractivity contribution in [1.29, 1.82) is 0 Å². The second-order valence-corrected chi connectivity index (χ2v) is 11.2. The number of aliphatic hydroxyl groups excluding tert-OH is 1. The third-order valence-corrected chi connectivity index (χ3v) is 5.77. The number of benzene rings is 1. The second kappa shape index (κ2) is 12.4. The largest absolute Gasteiger partial charge is 0.444 e. The third kappa shape index (κ3) is 9.17. The molecule has 198 valence electrons. The molecule has 1 rings (SSSR count). The summed E-state index contributed by atoms with van der Waals surface area (Å²) < 4.78 is 5.40. The Morgan fingerprint density at radius 1 is 1.09 bits per heavy atom. The molecule has 0 aromatic heterocycles. The van der Waals surface area contributed by atoms with E-state index in [2.05, 4.69) is 10.6 Å². The van der Waals surface area contributed by atoms with Crippen LogP contribution in [0.5, 0.6) is 0 Å². The highest BCUT2D eigenvalue weighted by Crippen LogP contribution is 2.29. The first-order chi connectivity index (χ1) is 16.0. The molecule has 0 radical (unpaired) electrons. The Morgan fingerprint density at radius 3 is 2.17 bits per heavy atom. The lowest BCUT2D eigenvalue weighted by atomic mass is 9.92. The van der Waals surface area contributed by atoms with Crippen LogP contribution in [0.2, 0.25) is 0 Å². The zero-order valence-corrected chi connectivity index (χ0v) is 23.1. The highest BCUT2D eigenvalue weighted by molar-refractivity contribution is 5.92. The fraction of sp³-hybridized carbons (Fsp3) is 0.667. The molecule has 8 heteroatoms. The molecule has 0 spiro atoms. The van der Waals surface area contributed by atoms with Crippen LogP contribution in [0.1, 0.15) is 84.5 Å². The van der Waals surface area contributed by atoms with Crippen LogP contribution in [0.4, 0.5) is 4.79 Å². The number of nitrogens with zero attached hydrogens (tertiary/aromatic N) is 1. The number of nitrogens with one attached hydrogen (secondary N) is 2. The number of carbonyl (C=O) groups excluding carboxylic acids is 3. The summed E-state index contributed by atoms with van der Waals surface area (Å²) in [4.78, 5) is 41.6. The van der Waals surface area contributed by atoms with Gasteiger partial charge >= 0.3 is 6.09 Å². The van der Waals surface area contributed by atoms with Crippen molar-refractivity contribution in [3.8, 4) is 0 Å². The number of ether oxygens (including phenoxy) is 1. The van der Waals surface area contributed by atoms with E-state index in [-0.39, 0.29) is 25.0 Å². The van der Waals surface area contributed by atoms with Gasteiger partial charge in [-0.15, -0.1) is 0 Å². The molecule has 1 aromatic rings. The number of carbonyl (C=O) groups is 3. The van der Waals surface area contributed by atoms with Gasteiger partial charge in [0.2, 0.25) is 11.8 Å². The minimum atomic E-state index is -0.985. The molecule has 3 atom stereocenters. The number of aryl methyl sites for hydroxylation is 1. The zero-order valence-electron chi connectivity index (χ0n) is 23.1. The highest BCUT2D eigenvalue weighted by Gasteiger charge is 2.39. The zero-order chi connectivity index (χ0) is 27.1. The molecule has 35 heavy (non-hydrogen) atoms. The van der Waals surface area contributed by atoms with E-state index in [0.717, 1.165) is 11.1 Å². The summed E-state index contributed by atoms with van der Waals surface area (Å²) >= 11 is 0. The monoisotopic (exact) mass is 491 g/mol. The van der Waals surface area contributed by atoms with Gasteiger partial charge in [-0.3, -0.25) is 9.59 Å². The van der Waals surface area contributed by atoms with Gasteiger partial charge in [0.05, 0.1) is 6.61 Å². The number of hydrogen-bond donors (Lipinski definition) is 3. The molecule has 0 heterocycles. The van der Waals surface area contributed by atoms with Crippen LogP contribution in [0.25, 0.3) is 0 Å². The molecule has 0 aliphatic carbocycles. The normalized spacial score (nSPS) is 14.5. The molecule has 8 nitrogen and oxygen atoms in total. The van der Waals surface area contributed by atoms with Gasteiger partial charge in [0.15, 0.2) is 0 Å². The standard InChI is InChI=1S/C27H45N3O5/c1-11-17(2)21(28-25(34)35-27(8,9)10)24(33)30(15-16-31)22(23(32)29-26(5,6)7)20-14-12-13-18(3)19(20)4/h12-14,17,21-22,31H,11,15-16H2,1-10H3,(H,28,34)(H,29,32). The van der Waals surface area contributed by atoms with E-state index in [0.29, 0.717) is 12.0 Å². The van der Waals surface area contributed by atoms with Crippen molar-refractivity contribution in [1.82, 2.24) is 15.5 Å². The molecule has 1 aromatic carbocycles. The summed E-state index contributed by atoms with van der Waals surface area (Å²) in [6.45, 7) is 18.1. The number of alkyl carbamates (subject to hydrolysis) is 1. The van der Waals surface area contributed by atoms with E-state index in [1.165, 1.54) is 4.90 Å². The van der Waals surface area contributed by atoms with Crippen LogP contribution in [-0.2, 0) is 14.3 Å². The Labute approximate surface area is 210 Å². The van der Waals surface area contributed by atoms with Gasteiger partial charge < -0.3 is 25.4 Å². The van der Waals surface area contributed by atoms with E-state index in [9.17, 15) is 19.5 Å². The highest BCUT2D eigenvalue weighted by atomic mass is 16.6. The first-order valence-electron chi connectivity index (χ1n) is 12.3. The molecule has 0 bridgehead atoms. The predicted molar refractivity (Wildman–Crippen MR) is 138 cm³/mol. The summed E-state index contributed by atoms with van der Waals surface area (Å²) in [7, 11) is 0. The third-order valence-electron chi connectivity index (χ3n) is 5.77. The Bertz CT molecular complexity index is 886. The lowest BCUT2D eigenvalue weighted by Crippen LogP contribution is -2.57. The molecule has 0 saturated carbocycles. The molecule has 3 amide bonds. The quantitative estimate of drug-likeness (QED) is 0.484. The van der Waals surface area contributed by atoms with Crippen LogP contribution >= 0.6 is 0 Å². The Morgan fingerprint density at radius 2 is 1.69 bits per heavy atom. The number of amides is 3. The molecule has 0 saturated heterocycles. The summed E-state index contributed by atoms with van der Waals surface area (Å²) in [5, 5.41) is 15.6. The molecule has 3 N–H and O–H groups in total. The Kier molecular flexibility index (Phi) is 10.8. The van der Waals surface area contributed by atoms with Gasteiger partial charge in [0.1, 0.15) is 17.7 Å². The van der Waals surface area contributed by atoms with Crippen molar-refractivity contribution in [2.45, 2.75) is 98.9 Å². The summed E-state index contributed by atoms with van der Waals surface area (Å²) in [6.07, 6.45) is -0.0934. The summed E-state index contributed by atoms with van der Waals surface area (Å²) in [5.74, 6) is -1.04. The Balaban J connectivity index is 3.58. The first kappa shape index (κ1) is 30.4. The van der Waals surface area contributed by atoms with Gasteiger partial charge in [-0.25, -0.2) is 4.79 Å². The van der Waals surface area contributed by atoms with Crippen molar-refractivity contribution < 1.29 is 24.2 Å². The molecular weight excluding hydrogens is 446 g/mol. The number of hydrogen-bond acceptors (Lipinski definition) is 5. The first-order valence-corrected chi connectivity index (χ1v) is 12.3. The molecule has 0 aliphatic heterocycles. The maximum absolute atomic E-state index is 14.0. The van der Waals surface area contributed by atoms with Crippen molar-refractivity contribution in [3.63, 3.8) is 0 Å². The van der Waals surface area contributed by atoms with Crippen molar-refractivity contribution in [2.75, 3.05) is 13.2 Å². The lowest BCUT2D eigenvalue weighted by Gasteiger charge is -2.37. The van der Waals surface area contributed by atoms with Crippen LogP contribution in [0.3, 0.4) is 0 Å². The van der Waals surface area contributed by atoms with Crippen molar-refractivity contribution >= 4 is 17.9 Å². The average Bonchev–Trinajstić information content (AvgIpc) is 2.71. The van der Waals surface area contributed by atoms with E-state index >= 15 is 0 Å². The van der Waals surface area contributed by atoms with Crippen LogP contribution < -0.4 is 10.6 Å².